The van der Waals surface area contributed by atoms with E-state index in [0.29, 0.717) is 12.0 Å². The van der Waals surface area contributed by atoms with Crippen molar-refractivity contribution in [2.45, 2.75) is 40.2 Å². The highest BCUT2D eigenvalue weighted by Crippen LogP contribution is 2.26. The SMILES string of the molecule is Cc1nc2cc(N)ccc2n1C(C)CC(C)C. The van der Waals surface area contributed by atoms with Gasteiger partial charge in [-0.1, -0.05) is 13.8 Å². The van der Waals surface area contributed by atoms with Gasteiger partial charge >= 0.3 is 0 Å². The van der Waals surface area contributed by atoms with Crippen LogP contribution in [0, 0.1) is 12.8 Å². The molecule has 2 aromatic rings. The molecule has 1 aromatic carbocycles. The molecule has 2 rings (SSSR count). The van der Waals surface area contributed by atoms with Crippen LogP contribution < -0.4 is 5.73 Å². The van der Waals surface area contributed by atoms with Gasteiger partial charge in [-0.3, -0.25) is 0 Å². The van der Waals surface area contributed by atoms with Gasteiger partial charge in [0, 0.05) is 11.7 Å². The minimum atomic E-state index is 0.476. The van der Waals surface area contributed by atoms with Crippen LogP contribution in [0.2, 0.25) is 0 Å². The topological polar surface area (TPSA) is 43.8 Å². The summed E-state index contributed by atoms with van der Waals surface area (Å²) in [6, 6.07) is 6.44. The van der Waals surface area contributed by atoms with Crippen LogP contribution in [0.25, 0.3) is 11.0 Å². The molecule has 0 aliphatic rings. The van der Waals surface area contributed by atoms with Crippen LogP contribution in [-0.4, -0.2) is 9.55 Å². The number of aryl methyl sites for hydroxylation is 1. The highest BCUT2D eigenvalue weighted by atomic mass is 15.1. The molecular weight excluding hydrogens is 210 g/mol. The third kappa shape index (κ3) is 2.28. The van der Waals surface area contributed by atoms with E-state index in [-0.39, 0.29) is 0 Å². The van der Waals surface area contributed by atoms with E-state index in [2.05, 4.69) is 43.3 Å². The summed E-state index contributed by atoms with van der Waals surface area (Å²) >= 11 is 0. The van der Waals surface area contributed by atoms with E-state index in [4.69, 9.17) is 5.73 Å². The number of rotatable bonds is 3. The van der Waals surface area contributed by atoms with Crippen LogP contribution in [0.4, 0.5) is 5.69 Å². The molecule has 1 unspecified atom stereocenters. The molecule has 0 saturated heterocycles. The molecule has 0 spiro atoms. The van der Waals surface area contributed by atoms with Crippen LogP contribution >= 0.6 is 0 Å². The quantitative estimate of drug-likeness (QED) is 0.821. The van der Waals surface area contributed by atoms with Crippen LogP contribution in [0.1, 0.15) is 39.1 Å². The molecule has 92 valence electrons. The van der Waals surface area contributed by atoms with Gasteiger partial charge in [0.25, 0.3) is 0 Å². The zero-order valence-electron chi connectivity index (χ0n) is 11.1. The summed E-state index contributed by atoms with van der Waals surface area (Å²) in [4.78, 5) is 4.59. The minimum Gasteiger partial charge on any atom is -0.399 e. The Morgan fingerprint density at radius 2 is 2.00 bits per heavy atom. The van der Waals surface area contributed by atoms with E-state index in [9.17, 15) is 0 Å². The molecule has 0 aliphatic heterocycles. The molecule has 0 fully saturated rings. The Kier molecular flexibility index (Phi) is 3.09. The maximum absolute atomic E-state index is 5.79. The standard InChI is InChI=1S/C14H21N3/c1-9(2)7-10(3)17-11(4)16-13-8-12(15)5-6-14(13)17/h5-6,8-10H,7,15H2,1-4H3. The van der Waals surface area contributed by atoms with Gasteiger partial charge in [-0.25, -0.2) is 4.98 Å². The monoisotopic (exact) mass is 231 g/mol. The summed E-state index contributed by atoms with van der Waals surface area (Å²) in [6.07, 6.45) is 1.16. The van der Waals surface area contributed by atoms with E-state index in [0.717, 1.165) is 23.4 Å². The molecule has 0 saturated carbocycles. The van der Waals surface area contributed by atoms with Gasteiger partial charge in [0.05, 0.1) is 11.0 Å². The smallest absolute Gasteiger partial charge is 0.106 e. The fourth-order valence-electron chi connectivity index (χ4n) is 2.58. The Balaban J connectivity index is 2.49. The Labute approximate surface area is 103 Å². The molecule has 1 heterocycles. The van der Waals surface area contributed by atoms with Crippen LogP contribution in [-0.2, 0) is 0 Å². The molecule has 0 aliphatic carbocycles. The zero-order valence-corrected chi connectivity index (χ0v) is 11.1. The maximum atomic E-state index is 5.79. The maximum Gasteiger partial charge on any atom is 0.106 e. The summed E-state index contributed by atoms with van der Waals surface area (Å²) in [5, 5.41) is 0. The molecule has 0 amide bonds. The van der Waals surface area contributed by atoms with Gasteiger partial charge in [0.2, 0.25) is 0 Å². The summed E-state index contributed by atoms with van der Waals surface area (Å²) in [5.74, 6) is 1.76. The number of anilines is 1. The second kappa shape index (κ2) is 4.40. The first-order valence-electron chi connectivity index (χ1n) is 6.23. The lowest BCUT2D eigenvalue weighted by atomic mass is 10.0. The molecule has 17 heavy (non-hydrogen) atoms. The molecule has 0 radical (unpaired) electrons. The van der Waals surface area contributed by atoms with Crippen LogP contribution in [0.15, 0.2) is 18.2 Å². The van der Waals surface area contributed by atoms with E-state index < -0.39 is 0 Å². The van der Waals surface area contributed by atoms with Crippen molar-refractivity contribution >= 4 is 16.7 Å². The number of fused-ring (bicyclic) bond motifs is 1. The number of nitrogens with two attached hydrogens (primary N) is 1. The lowest BCUT2D eigenvalue weighted by Gasteiger charge is -2.18. The Bertz CT molecular complexity index is 525. The largest absolute Gasteiger partial charge is 0.399 e. The Morgan fingerprint density at radius 3 is 2.65 bits per heavy atom. The first-order chi connectivity index (χ1) is 7.99. The molecular formula is C14H21N3. The molecule has 3 heteroatoms. The van der Waals surface area contributed by atoms with Crippen molar-refractivity contribution < 1.29 is 0 Å². The van der Waals surface area contributed by atoms with Gasteiger partial charge in [-0.05, 0) is 44.4 Å². The second-order valence-corrected chi connectivity index (χ2v) is 5.26. The Morgan fingerprint density at radius 1 is 1.29 bits per heavy atom. The zero-order chi connectivity index (χ0) is 12.6. The fraction of sp³-hybridized carbons (Fsp3) is 0.500. The lowest BCUT2D eigenvalue weighted by Crippen LogP contribution is -2.09. The molecule has 1 atom stereocenters. The number of aromatic nitrogens is 2. The normalized spacial score (nSPS) is 13.5. The molecule has 2 N–H and O–H groups in total. The van der Waals surface area contributed by atoms with E-state index in [1.165, 1.54) is 5.52 Å². The van der Waals surface area contributed by atoms with Crippen molar-refractivity contribution in [3.8, 4) is 0 Å². The first kappa shape index (κ1) is 12.0. The van der Waals surface area contributed by atoms with Crippen LogP contribution in [0.5, 0.6) is 0 Å². The predicted octanol–water partition coefficient (Wildman–Crippen LogP) is 3.53. The van der Waals surface area contributed by atoms with E-state index >= 15 is 0 Å². The second-order valence-electron chi connectivity index (χ2n) is 5.26. The fourth-order valence-corrected chi connectivity index (χ4v) is 2.58. The number of hydrogen-bond donors (Lipinski definition) is 1. The lowest BCUT2D eigenvalue weighted by molar-refractivity contribution is 0.429. The minimum absolute atomic E-state index is 0.476. The number of imidazole rings is 1. The van der Waals surface area contributed by atoms with Crippen molar-refractivity contribution in [2.24, 2.45) is 5.92 Å². The van der Waals surface area contributed by atoms with Gasteiger partial charge in [0.15, 0.2) is 0 Å². The summed E-state index contributed by atoms with van der Waals surface area (Å²) in [5.41, 5.74) is 8.75. The van der Waals surface area contributed by atoms with Gasteiger partial charge in [-0.2, -0.15) is 0 Å². The van der Waals surface area contributed by atoms with Gasteiger partial charge in [0.1, 0.15) is 5.82 Å². The highest BCUT2D eigenvalue weighted by molar-refractivity contribution is 5.79. The third-order valence-corrected chi connectivity index (χ3v) is 3.14. The van der Waals surface area contributed by atoms with Crippen molar-refractivity contribution in [3.63, 3.8) is 0 Å². The first-order valence-corrected chi connectivity index (χ1v) is 6.23. The van der Waals surface area contributed by atoms with Crippen molar-refractivity contribution in [2.75, 3.05) is 5.73 Å². The van der Waals surface area contributed by atoms with Crippen molar-refractivity contribution in [3.05, 3.63) is 24.0 Å². The molecule has 3 nitrogen and oxygen atoms in total. The third-order valence-electron chi connectivity index (χ3n) is 3.14. The van der Waals surface area contributed by atoms with Gasteiger partial charge < -0.3 is 10.3 Å². The van der Waals surface area contributed by atoms with E-state index in [1.807, 2.05) is 12.1 Å². The number of benzene rings is 1. The van der Waals surface area contributed by atoms with Crippen LogP contribution in [0.3, 0.4) is 0 Å². The molecule has 0 bridgehead atoms. The summed E-state index contributed by atoms with van der Waals surface area (Å²) in [7, 11) is 0. The van der Waals surface area contributed by atoms with Gasteiger partial charge in [-0.15, -0.1) is 0 Å². The average molecular weight is 231 g/mol. The van der Waals surface area contributed by atoms with Crippen molar-refractivity contribution in [1.29, 1.82) is 0 Å². The Hall–Kier alpha value is -1.51. The summed E-state index contributed by atoms with van der Waals surface area (Å²) in [6.45, 7) is 8.82. The number of nitrogen functional groups attached to an aromatic ring is 1. The number of nitrogens with zero attached hydrogens (tertiary/aromatic N) is 2. The number of hydrogen-bond acceptors (Lipinski definition) is 2. The highest BCUT2D eigenvalue weighted by Gasteiger charge is 2.14. The van der Waals surface area contributed by atoms with Crippen molar-refractivity contribution in [1.82, 2.24) is 9.55 Å². The predicted molar refractivity (Wildman–Crippen MR) is 73.0 cm³/mol. The summed E-state index contributed by atoms with van der Waals surface area (Å²) < 4.78 is 2.31. The molecule has 1 aromatic heterocycles. The van der Waals surface area contributed by atoms with E-state index in [1.54, 1.807) is 0 Å². The average Bonchev–Trinajstić information content (AvgIpc) is 2.51.